The van der Waals surface area contributed by atoms with E-state index in [0.717, 1.165) is 6.42 Å². The highest BCUT2D eigenvalue weighted by molar-refractivity contribution is 5.70. The van der Waals surface area contributed by atoms with Gasteiger partial charge < -0.3 is 19.9 Å². The highest BCUT2D eigenvalue weighted by atomic mass is 16.8. The van der Waals surface area contributed by atoms with Crippen molar-refractivity contribution in [1.82, 2.24) is 19.5 Å². The number of H-pyrrole nitrogens is 1. The summed E-state index contributed by atoms with van der Waals surface area (Å²) >= 11 is 0. The molecule has 0 unspecified atom stereocenters. The average Bonchev–Trinajstić information content (AvgIpc) is 3.06. The van der Waals surface area contributed by atoms with E-state index in [2.05, 4.69) is 15.0 Å². The Balaban J connectivity index is 1.86. The summed E-state index contributed by atoms with van der Waals surface area (Å²) in [6.45, 7) is 7.75. The molecule has 24 heavy (non-hydrogen) atoms. The molecule has 0 amide bonds. The van der Waals surface area contributed by atoms with Gasteiger partial charge in [-0.2, -0.15) is 4.98 Å². The molecule has 4 heterocycles. The number of nitrogens with two attached hydrogens (primary N) is 1. The van der Waals surface area contributed by atoms with Gasteiger partial charge in [-0.05, 0) is 27.2 Å². The van der Waals surface area contributed by atoms with Crippen LogP contribution in [0.15, 0.2) is 11.1 Å². The first-order chi connectivity index (χ1) is 11.2. The number of ether oxygens (including phenoxy) is 3. The van der Waals surface area contributed by atoms with Crippen molar-refractivity contribution >= 4 is 17.1 Å². The van der Waals surface area contributed by atoms with Crippen LogP contribution < -0.4 is 11.3 Å². The Hall–Kier alpha value is -1.97. The topological polar surface area (TPSA) is 117 Å². The van der Waals surface area contributed by atoms with Gasteiger partial charge in [-0.1, -0.05) is 6.92 Å². The number of aromatic nitrogens is 4. The predicted octanol–water partition coefficient (Wildman–Crippen LogP) is 0.919. The molecule has 0 radical (unpaired) electrons. The van der Waals surface area contributed by atoms with Crippen LogP contribution in [0, 0.1) is 0 Å². The van der Waals surface area contributed by atoms with E-state index in [1.807, 2.05) is 27.7 Å². The number of nitrogens with zero attached hydrogens (tertiary/aromatic N) is 3. The molecule has 4 atom stereocenters. The fourth-order valence-electron chi connectivity index (χ4n) is 3.81. The third-order valence-electron chi connectivity index (χ3n) is 4.68. The van der Waals surface area contributed by atoms with E-state index in [4.69, 9.17) is 19.9 Å². The van der Waals surface area contributed by atoms with Crippen molar-refractivity contribution in [2.75, 3.05) is 5.73 Å². The minimum Gasteiger partial charge on any atom is -0.369 e. The van der Waals surface area contributed by atoms with Crippen molar-refractivity contribution < 1.29 is 14.2 Å². The van der Waals surface area contributed by atoms with Crippen molar-refractivity contribution in [3.8, 4) is 0 Å². The first-order valence-electron chi connectivity index (χ1n) is 8.01. The Morgan fingerprint density at radius 3 is 2.88 bits per heavy atom. The molecular weight excluding hydrogens is 314 g/mol. The maximum absolute atomic E-state index is 12.0. The normalized spacial score (nSPS) is 34.8. The molecule has 0 saturated carbocycles. The minimum atomic E-state index is -0.725. The van der Waals surface area contributed by atoms with E-state index in [-0.39, 0.29) is 29.2 Å². The van der Waals surface area contributed by atoms with Gasteiger partial charge in [0.25, 0.3) is 5.56 Å². The second kappa shape index (κ2) is 4.78. The molecule has 2 saturated heterocycles. The Morgan fingerprint density at radius 2 is 2.17 bits per heavy atom. The maximum Gasteiger partial charge on any atom is 0.280 e. The van der Waals surface area contributed by atoms with E-state index in [9.17, 15) is 4.79 Å². The summed E-state index contributed by atoms with van der Waals surface area (Å²) in [6, 6.07) is 0. The highest BCUT2D eigenvalue weighted by Crippen LogP contribution is 2.51. The summed E-state index contributed by atoms with van der Waals surface area (Å²) in [5, 5.41) is 0. The molecule has 2 aliphatic rings. The molecular formula is C15H21N5O4. The van der Waals surface area contributed by atoms with Crippen LogP contribution in [-0.4, -0.2) is 43.1 Å². The van der Waals surface area contributed by atoms with Crippen molar-refractivity contribution in [3.63, 3.8) is 0 Å². The number of aromatic amines is 1. The number of hydrogen-bond acceptors (Lipinski definition) is 7. The highest BCUT2D eigenvalue weighted by Gasteiger charge is 2.63. The lowest BCUT2D eigenvalue weighted by atomic mass is 9.95. The number of nitrogen functional groups attached to an aromatic ring is 1. The fraction of sp³-hybridized carbons (Fsp3) is 0.667. The first kappa shape index (κ1) is 15.6. The standard InChI is InChI=1S/C15H21N5O4/c1-5-7-9-15(4,24-14(2,3)23-9)12(22-7)20-6-17-8-10(20)18-13(16)19-11(8)21/h6-7,9,12H,5H2,1-4H3,(H3,16,18,19,21)/t7-,9-,12-,15-/m1/s1. The molecule has 130 valence electrons. The largest absolute Gasteiger partial charge is 0.369 e. The number of anilines is 1. The second-order valence-electron chi connectivity index (χ2n) is 6.93. The number of rotatable bonds is 2. The van der Waals surface area contributed by atoms with Gasteiger partial charge in [0.2, 0.25) is 5.95 Å². The molecule has 2 aromatic heterocycles. The van der Waals surface area contributed by atoms with Crippen molar-refractivity contribution in [1.29, 1.82) is 0 Å². The van der Waals surface area contributed by atoms with Gasteiger partial charge in [0.05, 0.1) is 12.4 Å². The summed E-state index contributed by atoms with van der Waals surface area (Å²) in [5.41, 5.74) is 5.16. The average molecular weight is 335 g/mol. The monoisotopic (exact) mass is 335 g/mol. The lowest BCUT2D eigenvalue weighted by molar-refractivity contribution is -0.214. The number of imidazole rings is 1. The Kier molecular flexibility index (Phi) is 3.09. The SMILES string of the molecule is CC[C@H]1O[C@@H](n2cnc3c(=O)[nH]c(N)nc32)[C@]2(C)OC(C)(C)O[C@H]12. The van der Waals surface area contributed by atoms with Crippen LogP contribution in [0.5, 0.6) is 0 Å². The molecule has 0 spiro atoms. The molecule has 2 aliphatic heterocycles. The molecule has 9 heteroatoms. The Bertz CT molecular complexity index is 859. The lowest BCUT2D eigenvalue weighted by Gasteiger charge is -2.30. The van der Waals surface area contributed by atoms with Gasteiger partial charge >= 0.3 is 0 Å². The van der Waals surface area contributed by atoms with Crippen LogP contribution in [0.4, 0.5) is 5.95 Å². The molecule has 0 aromatic carbocycles. The van der Waals surface area contributed by atoms with Crippen LogP contribution in [0.25, 0.3) is 11.2 Å². The Labute approximate surface area is 138 Å². The van der Waals surface area contributed by atoms with Gasteiger partial charge in [-0.25, -0.2) is 4.98 Å². The van der Waals surface area contributed by atoms with Crippen LogP contribution in [0.2, 0.25) is 0 Å². The number of nitrogens with one attached hydrogen (secondary N) is 1. The molecule has 0 aliphatic carbocycles. The van der Waals surface area contributed by atoms with Crippen molar-refractivity contribution in [2.24, 2.45) is 0 Å². The van der Waals surface area contributed by atoms with Crippen LogP contribution in [0.1, 0.15) is 40.3 Å². The van der Waals surface area contributed by atoms with Crippen LogP contribution >= 0.6 is 0 Å². The Morgan fingerprint density at radius 1 is 1.42 bits per heavy atom. The summed E-state index contributed by atoms with van der Waals surface area (Å²) < 4.78 is 20.2. The van der Waals surface area contributed by atoms with Crippen molar-refractivity contribution in [3.05, 3.63) is 16.7 Å². The van der Waals surface area contributed by atoms with Gasteiger partial charge in [0, 0.05) is 0 Å². The van der Waals surface area contributed by atoms with E-state index in [1.54, 1.807) is 4.57 Å². The maximum atomic E-state index is 12.0. The predicted molar refractivity (Wildman–Crippen MR) is 85.2 cm³/mol. The lowest BCUT2D eigenvalue weighted by Crippen LogP contribution is -2.41. The summed E-state index contributed by atoms with van der Waals surface area (Å²) in [5.74, 6) is -0.681. The van der Waals surface area contributed by atoms with Crippen LogP contribution in [-0.2, 0) is 14.2 Å². The zero-order valence-electron chi connectivity index (χ0n) is 14.1. The summed E-state index contributed by atoms with van der Waals surface area (Å²) in [7, 11) is 0. The summed E-state index contributed by atoms with van der Waals surface area (Å²) in [4.78, 5) is 22.8. The first-order valence-corrected chi connectivity index (χ1v) is 8.01. The fourth-order valence-corrected chi connectivity index (χ4v) is 3.81. The van der Waals surface area contributed by atoms with Gasteiger partial charge in [0.15, 0.2) is 23.2 Å². The molecule has 9 nitrogen and oxygen atoms in total. The number of hydrogen-bond donors (Lipinski definition) is 2. The zero-order chi connectivity index (χ0) is 17.3. The smallest absolute Gasteiger partial charge is 0.280 e. The van der Waals surface area contributed by atoms with Gasteiger partial charge in [0.1, 0.15) is 11.7 Å². The second-order valence-corrected chi connectivity index (χ2v) is 6.93. The summed E-state index contributed by atoms with van der Waals surface area (Å²) in [6.07, 6.45) is 1.44. The third kappa shape index (κ3) is 2.01. The molecule has 2 fully saturated rings. The molecule has 2 aromatic rings. The molecule has 0 bridgehead atoms. The van der Waals surface area contributed by atoms with E-state index in [0.29, 0.717) is 5.65 Å². The van der Waals surface area contributed by atoms with Crippen molar-refractivity contribution in [2.45, 2.75) is 63.9 Å². The van der Waals surface area contributed by atoms with Crippen LogP contribution in [0.3, 0.4) is 0 Å². The van der Waals surface area contributed by atoms with Gasteiger partial charge in [-0.15, -0.1) is 0 Å². The van der Waals surface area contributed by atoms with E-state index in [1.165, 1.54) is 6.33 Å². The zero-order valence-corrected chi connectivity index (χ0v) is 14.1. The number of fused-ring (bicyclic) bond motifs is 2. The molecule has 3 N–H and O–H groups in total. The quantitative estimate of drug-likeness (QED) is 0.838. The third-order valence-corrected chi connectivity index (χ3v) is 4.68. The van der Waals surface area contributed by atoms with E-state index < -0.39 is 17.6 Å². The van der Waals surface area contributed by atoms with E-state index >= 15 is 0 Å². The van der Waals surface area contributed by atoms with Gasteiger partial charge in [-0.3, -0.25) is 14.3 Å². The molecule has 4 rings (SSSR count). The minimum absolute atomic E-state index is 0.0323.